The fraction of sp³-hybridized carbons (Fsp3) is 0.423. The number of fused-ring (bicyclic) bond motifs is 3. The normalized spacial score (nSPS) is 14.2. The molecule has 176 valence electrons. The summed E-state index contributed by atoms with van der Waals surface area (Å²) in [6, 6.07) is 14.2. The molecular formula is C26H32N2O5. The number of benzene rings is 2. The first-order chi connectivity index (χ1) is 15.8. The number of nitrogens with one attached hydrogen (secondary N) is 2. The average Bonchev–Trinajstić information content (AvgIpc) is 3.12. The summed E-state index contributed by atoms with van der Waals surface area (Å²) in [4.78, 5) is 36.8. The first kappa shape index (κ1) is 24.3. The van der Waals surface area contributed by atoms with Gasteiger partial charge in [0, 0.05) is 5.92 Å². The molecule has 2 aromatic rings. The van der Waals surface area contributed by atoms with Crippen LogP contribution in [0.3, 0.4) is 0 Å². The smallest absolute Gasteiger partial charge is 0.407 e. The molecule has 0 saturated carbocycles. The fourth-order valence-corrected chi connectivity index (χ4v) is 4.23. The van der Waals surface area contributed by atoms with Crippen LogP contribution in [0.1, 0.15) is 57.1 Å². The Bertz CT molecular complexity index is 958. The van der Waals surface area contributed by atoms with E-state index in [1.807, 2.05) is 43.3 Å². The zero-order valence-corrected chi connectivity index (χ0v) is 19.3. The fourth-order valence-electron chi connectivity index (χ4n) is 4.23. The van der Waals surface area contributed by atoms with Gasteiger partial charge >= 0.3 is 12.1 Å². The lowest BCUT2D eigenvalue weighted by Gasteiger charge is -2.23. The molecule has 2 aromatic carbocycles. The number of amides is 2. The highest BCUT2D eigenvalue weighted by molar-refractivity contribution is 5.89. The van der Waals surface area contributed by atoms with E-state index in [4.69, 9.17) is 4.74 Å². The quantitative estimate of drug-likeness (QED) is 0.498. The van der Waals surface area contributed by atoms with Crippen LogP contribution in [0, 0.1) is 5.92 Å². The van der Waals surface area contributed by atoms with E-state index >= 15 is 0 Å². The number of carboxylic acids is 1. The van der Waals surface area contributed by atoms with Gasteiger partial charge in [-0.05, 0) is 34.6 Å². The van der Waals surface area contributed by atoms with Crippen LogP contribution in [0.25, 0.3) is 11.1 Å². The number of ether oxygens (including phenoxy) is 1. The van der Waals surface area contributed by atoms with E-state index in [-0.39, 0.29) is 18.4 Å². The number of carboxylic acid groups (broad SMARTS) is 1. The van der Waals surface area contributed by atoms with E-state index in [1.54, 1.807) is 13.8 Å². The van der Waals surface area contributed by atoms with Crippen LogP contribution in [0.15, 0.2) is 48.5 Å². The van der Waals surface area contributed by atoms with Crippen LogP contribution >= 0.6 is 0 Å². The second-order valence-electron chi connectivity index (χ2n) is 8.73. The highest BCUT2D eigenvalue weighted by Gasteiger charge is 2.31. The van der Waals surface area contributed by atoms with Gasteiger partial charge in [-0.2, -0.15) is 0 Å². The van der Waals surface area contributed by atoms with Gasteiger partial charge < -0.3 is 20.5 Å². The summed E-state index contributed by atoms with van der Waals surface area (Å²) in [5.41, 5.74) is 4.48. The van der Waals surface area contributed by atoms with Crippen LogP contribution < -0.4 is 10.6 Å². The zero-order valence-electron chi connectivity index (χ0n) is 19.3. The van der Waals surface area contributed by atoms with E-state index < -0.39 is 30.1 Å². The number of alkyl carbamates (subject to hydrolysis) is 1. The van der Waals surface area contributed by atoms with Gasteiger partial charge in [0.25, 0.3) is 0 Å². The Morgan fingerprint density at radius 3 is 2.06 bits per heavy atom. The van der Waals surface area contributed by atoms with Gasteiger partial charge in [-0.1, -0.05) is 82.1 Å². The molecule has 1 aliphatic rings. The molecule has 3 rings (SSSR count). The number of carbonyl (C=O) groups excluding carboxylic acids is 2. The number of carbonyl (C=O) groups is 3. The molecule has 0 aliphatic heterocycles. The van der Waals surface area contributed by atoms with Crippen molar-refractivity contribution in [2.75, 3.05) is 6.61 Å². The van der Waals surface area contributed by atoms with Gasteiger partial charge in [0.15, 0.2) is 0 Å². The first-order valence-corrected chi connectivity index (χ1v) is 11.5. The van der Waals surface area contributed by atoms with Crippen molar-refractivity contribution >= 4 is 18.0 Å². The van der Waals surface area contributed by atoms with Crippen molar-refractivity contribution in [3.63, 3.8) is 0 Å². The molecule has 0 bridgehead atoms. The largest absolute Gasteiger partial charge is 0.480 e. The summed E-state index contributed by atoms with van der Waals surface area (Å²) in [6.45, 7) is 5.57. The highest BCUT2D eigenvalue weighted by atomic mass is 16.5. The second kappa shape index (κ2) is 11.0. The summed E-state index contributed by atoms with van der Waals surface area (Å²) in [5.74, 6) is -1.98. The maximum atomic E-state index is 12.7. The number of rotatable bonds is 10. The third-order valence-electron chi connectivity index (χ3n) is 6.03. The van der Waals surface area contributed by atoms with Gasteiger partial charge in [0.2, 0.25) is 5.91 Å². The van der Waals surface area contributed by atoms with Crippen LogP contribution in [0.5, 0.6) is 0 Å². The van der Waals surface area contributed by atoms with Crippen LogP contribution in [-0.4, -0.2) is 41.8 Å². The summed E-state index contributed by atoms with van der Waals surface area (Å²) >= 11 is 0. The number of aliphatic carboxylic acids is 1. The summed E-state index contributed by atoms with van der Waals surface area (Å²) in [6.07, 6.45) is 1.26. The lowest BCUT2D eigenvalue weighted by molar-refractivity contribution is -0.143. The molecule has 0 aromatic heterocycles. The van der Waals surface area contributed by atoms with Crippen molar-refractivity contribution in [1.82, 2.24) is 10.6 Å². The Kier molecular flexibility index (Phi) is 8.09. The molecule has 2 amide bonds. The number of hydrogen-bond acceptors (Lipinski definition) is 4. The highest BCUT2D eigenvalue weighted by Crippen LogP contribution is 2.44. The predicted molar refractivity (Wildman–Crippen MR) is 126 cm³/mol. The summed E-state index contributed by atoms with van der Waals surface area (Å²) in [7, 11) is 0. The minimum atomic E-state index is -1.10. The number of hydrogen-bond donors (Lipinski definition) is 3. The topological polar surface area (TPSA) is 105 Å². The standard InChI is InChI=1S/C26H32N2O5/c1-4-5-14-22(24(29)28-23(16(2)3)25(30)31)27-26(32)33-15-21-19-12-8-6-10-17(19)18-11-7-9-13-20(18)21/h6-13,16,21-23H,4-5,14-15H2,1-3H3,(H,27,32)(H,28,29)(H,30,31)/t22-,23?/m0/s1. The van der Waals surface area contributed by atoms with E-state index in [0.29, 0.717) is 12.8 Å². The first-order valence-electron chi connectivity index (χ1n) is 11.5. The lowest BCUT2D eigenvalue weighted by atomic mass is 9.98. The van der Waals surface area contributed by atoms with Crippen molar-refractivity contribution in [2.24, 2.45) is 5.92 Å². The van der Waals surface area contributed by atoms with Crippen molar-refractivity contribution in [1.29, 1.82) is 0 Å². The molecule has 1 unspecified atom stereocenters. The second-order valence-corrected chi connectivity index (χ2v) is 8.73. The Hall–Kier alpha value is -3.35. The number of unbranched alkanes of at least 4 members (excludes halogenated alkanes) is 1. The molecule has 0 radical (unpaired) electrons. The summed E-state index contributed by atoms with van der Waals surface area (Å²) in [5, 5.41) is 14.6. The van der Waals surface area contributed by atoms with Crippen molar-refractivity contribution in [2.45, 2.75) is 58.0 Å². The van der Waals surface area contributed by atoms with Gasteiger partial charge in [-0.3, -0.25) is 4.79 Å². The Morgan fingerprint density at radius 1 is 0.970 bits per heavy atom. The van der Waals surface area contributed by atoms with Gasteiger partial charge in [-0.25, -0.2) is 9.59 Å². The third-order valence-corrected chi connectivity index (χ3v) is 6.03. The maximum absolute atomic E-state index is 12.7. The van der Waals surface area contributed by atoms with Crippen LogP contribution in [-0.2, 0) is 14.3 Å². The minimum absolute atomic E-state index is 0.0802. The van der Waals surface area contributed by atoms with E-state index in [1.165, 1.54) is 0 Å². The monoisotopic (exact) mass is 452 g/mol. The third kappa shape index (κ3) is 5.72. The predicted octanol–water partition coefficient (Wildman–Crippen LogP) is 4.31. The van der Waals surface area contributed by atoms with E-state index in [9.17, 15) is 19.5 Å². The molecule has 0 spiro atoms. The van der Waals surface area contributed by atoms with Crippen molar-refractivity contribution < 1.29 is 24.2 Å². The molecule has 7 heteroatoms. The SMILES string of the molecule is CCCC[C@H](NC(=O)OCC1c2ccccc2-c2ccccc21)C(=O)NC(C(=O)O)C(C)C. The van der Waals surface area contributed by atoms with Gasteiger partial charge in [0.1, 0.15) is 18.7 Å². The molecule has 3 N–H and O–H groups in total. The molecular weight excluding hydrogens is 420 g/mol. The zero-order chi connectivity index (χ0) is 24.0. The average molecular weight is 453 g/mol. The molecule has 33 heavy (non-hydrogen) atoms. The minimum Gasteiger partial charge on any atom is -0.480 e. The maximum Gasteiger partial charge on any atom is 0.407 e. The molecule has 7 nitrogen and oxygen atoms in total. The van der Waals surface area contributed by atoms with Crippen molar-refractivity contribution in [3.05, 3.63) is 59.7 Å². The summed E-state index contributed by atoms with van der Waals surface area (Å²) < 4.78 is 5.55. The molecule has 0 saturated heterocycles. The molecule has 0 fully saturated rings. The van der Waals surface area contributed by atoms with Crippen LogP contribution in [0.4, 0.5) is 4.79 Å². The Labute approximate surface area is 194 Å². The molecule has 2 atom stereocenters. The molecule has 0 heterocycles. The van der Waals surface area contributed by atoms with Crippen LogP contribution in [0.2, 0.25) is 0 Å². The van der Waals surface area contributed by atoms with Gasteiger partial charge in [0.05, 0.1) is 0 Å². The molecule has 1 aliphatic carbocycles. The van der Waals surface area contributed by atoms with Gasteiger partial charge in [-0.15, -0.1) is 0 Å². The van der Waals surface area contributed by atoms with Crippen molar-refractivity contribution in [3.8, 4) is 11.1 Å². The Balaban J connectivity index is 1.66. The van der Waals surface area contributed by atoms with E-state index in [2.05, 4.69) is 22.8 Å². The van der Waals surface area contributed by atoms with E-state index in [0.717, 1.165) is 28.7 Å². The Morgan fingerprint density at radius 2 is 1.55 bits per heavy atom. The lowest BCUT2D eigenvalue weighted by Crippen LogP contribution is -2.53.